The molecule has 0 unspecified atom stereocenters. The molecule has 0 radical (unpaired) electrons. The number of morpholine rings is 1. The molecule has 1 aromatic heterocycles. The van der Waals surface area contributed by atoms with E-state index in [9.17, 15) is 4.79 Å². The summed E-state index contributed by atoms with van der Waals surface area (Å²) in [6.07, 6.45) is 3.74. The number of ether oxygens (including phenoxy) is 3. The van der Waals surface area contributed by atoms with Gasteiger partial charge in [0.05, 0.1) is 25.9 Å². The number of Topliss-reactive ketones (excluding diaryl/α,β-unsaturated/α-hetero) is 1. The fourth-order valence-corrected chi connectivity index (χ4v) is 5.39. The molecule has 2 aromatic rings. The number of hydrogen-bond acceptors (Lipinski definition) is 7. The molecule has 186 valence electrons. The molecule has 3 aliphatic rings. The van der Waals surface area contributed by atoms with Crippen molar-refractivity contribution in [3.8, 4) is 11.6 Å². The van der Waals surface area contributed by atoms with Gasteiger partial charge in [-0.25, -0.2) is 4.98 Å². The highest BCUT2D eigenvalue weighted by molar-refractivity contribution is 6.00. The molecule has 0 spiro atoms. The topological polar surface area (TPSA) is 89.7 Å². The lowest BCUT2D eigenvalue weighted by Gasteiger charge is -2.38. The van der Waals surface area contributed by atoms with Crippen molar-refractivity contribution in [3.63, 3.8) is 0 Å². The van der Waals surface area contributed by atoms with Gasteiger partial charge < -0.3 is 18.8 Å². The van der Waals surface area contributed by atoms with E-state index in [0.717, 1.165) is 50.6 Å². The van der Waals surface area contributed by atoms with Crippen molar-refractivity contribution in [2.45, 2.75) is 45.6 Å². The zero-order chi connectivity index (χ0) is 24.6. The minimum Gasteiger partial charge on any atom is -0.497 e. The monoisotopic (exact) mass is 478 g/mol. The third kappa shape index (κ3) is 4.77. The normalized spacial score (nSPS) is 21.8. The average molecular weight is 479 g/mol. The Morgan fingerprint density at radius 3 is 2.60 bits per heavy atom. The summed E-state index contributed by atoms with van der Waals surface area (Å²) in [5.74, 6) is 1.59. The predicted molar refractivity (Wildman–Crippen MR) is 130 cm³/mol. The number of aryl methyl sites for hydroxylation is 1. The Bertz CT molecular complexity index is 1190. The van der Waals surface area contributed by atoms with Gasteiger partial charge >= 0.3 is 0 Å². The average Bonchev–Trinajstić information content (AvgIpc) is 2.84. The third-order valence-corrected chi connectivity index (χ3v) is 7.19. The van der Waals surface area contributed by atoms with Gasteiger partial charge in [0.25, 0.3) is 0 Å². The van der Waals surface area contributed by atoms with Crippen LogP contribution in [-0.4, -0.2) is 60.2 Å². The largest absolute Gasteiger partial charge is 0.497 e. The first kappa shape index (κ1) is 23.8. The Hall–Kier alpha value is -2.97. The number of aromatic nitrogens is 2. The molecular formula is C27H34N4O4. The van der Waals surface area contributed by atoms with Crippen molar-refractivity contribution in [3.05, 3.63) is 58.5 Å². The number of methoxy groups -OCH3 is 1. The highest BCUT2D eigenvalue weighted by Crippen LogP contribution is 2.48. The molecule has 8 heteroatoms. The highest BCUT2D eigenvalue weighted by Gasteiger charge is 2.43. The van der Waals surface area contributed by atoms with Crippen LogP contribution in [0.4, 0.5) is 0 Å². The SMILES string of the molecule is COc1ccc([C@@H]2C3=C(CC(C)(C)CC3=O)Oc3ncn(CCCN4CCOCC4)c(=N)c32)cc1. The Morgan fingerprint density at radius 1 is 1.14 bits per heavy atom. The molecule has 1 aliphatic carbocycles. The molecule has 1 N–H and O–H groups in total. The summed E-state index contributed by atoms with van der Waals surface area (Å²) in [5, 5.41) is 9.11. The number of fused-ring (bicyclic) bond motifs is 1. The van der Waals surface area contributed by atoms with E-state index in [0.29, 0.717) is 47.6 Å². The summed E-state index contributed by atoms with van der Waals surface area (Å²) < 4.78 is 18.9. The van der Waals surface area contributed by atoms with Gasteiger partial charge in [-0.2, -0.15) is 0 Å². The summed E-state index contributed by atoms with van der Waals surface area (Å²) in [4.78, 5) is 20.5. The molecule has 1 saturated heterocycles. The van der Waals surface area contributed by atoms with Gasteiger partial charge in [0, 0.05) is 50.5 Å². The van der Waals surface area contributed by atoms with Crippen LogP contribution in [0.1, 0.15) is 50.2 Å². The van der Waals surface area contributed by atoms with Gasteiger partial charge in [-0.05, 0) is 29.5 Å². The fraction of sp³-hybridized carbons (Fsp3) is 0.519. The lowest BCUT2D eigenvalue weighted by atomic mass is 9.70. The molecule has 0 amide bonds. The first-order valence-corrected chi connectivity index (χ1v) is 12.4. The van der Waals surface area contributed by atoms with E-state index in [-0.39, 0.29) is 17.1 Å². The van der Waals surface area contributed by atoms with Crippen molar-refractivity contribution in [2.75, 3.05) is 40.0 Å². The van der Waals surface area contributed by atoms with Crippen LogP contribution >= 0.6 is 0 Å². The maximum atomic E-state index is 13.4. The number of hydrogen-bond donors (Lipinski definition) is 1. The number of allylic oxidation sites excluding steroid dienone is 2. The molecule has 1 fully saturated rings. The van der Waals surface area contributed by atoms with Crippen molar-refractivity contribution >= 4 is 5.78 Å². The lowest BCUT2D eigenvalue weighted by Crippen LogP contribution is -2.38. The number of nitrogens with zero attached hydrogens (tertiary/aromatic N) is 3. The maximum absolute atomic E-state index is 13.4. The van der Waals surface area contributed by atoms with Crippen LogP contribution in [0.3, 0.4) is 0 Å². The first-order valence-electron chi connectivity index (χ1n) is 12.4. The van der Waals surface area contributed by atoms with Gasteiger partial charge in [0.15, 0.2) is 5.78 Å². The second kappa shape index (κ2) is 9.59. The number of nitrogens with one attached hydrogen (secondary N) is 1. The fourth-order valence-electron chi connectivity index (χ4n) is 5.39. The maximum Gasteiger partial charge on any atom is 0.228 e. The van der Waals surface area contributed by atoms with Gasteiger partial charge in [-0.15, -0.1) is 0 Å². The molecule has 2 aliphatic heterocycles. The molecule has 1 aromatic carbocycles. The minimum atomic E-state index is -0.380. The number of carbonyl (C=O) groups excluding carboxylic acids is 1. The molecule has 5 rings (SSSR count). The van der Waals surface area contributed by atoms with E-state index in [4.69, 9.17) is 19.6 Å². The Balaban J connectivity index is 1.51. The molecule has 8 nitrogen and oxygen atoms in total. The van der Waals surface area contributed by atoms with Crippen LogP contribution in [-0.2, 0) is 16.1 Å². The smallest absolute Gasteiger partial charge is 0.228 e. The van der Waals surface area contributed by atoms with Crippen molar-refractivity contribution in [1.82, 2.24) is 14.5 Å². The van der Waals surface area contributed by atoms with E-state index in [1.165, 1.54) is 0 Å². The van der Waals surface area contributed by atoms with Crippen LogP contribution in [0, 0.1) is 10.8 Å². The number of rotatable bonds is 6. The Labute approximate surface area is 206 Å². The van der Waals surface area contributed by atoms with Gasteiger partial charge in [0.1, 0.15) is 23.3 Å². The summed E-state index contributed by atoms with van der Waals surface area (Å²) in [6, 6.07) is 7.76. The van der Waals surface area contributed by atoms with Crippen LogP contribution in [0.5, 0.6) is 11.6 Å². The molecular weight excluding hydrogens is 444 g/mol. The molecule has 1 atom stereocenters. The highest BCUT2D eigenvalue weighted by atomic mass is 16.5. The number of benzene rings is 1. The predicted octanol–water partition coefficient (Wildman–Crippen LogP) is 3.26. The van der Waals surface area contributed by atoms with E-state index in [1.807, 2.05) is 28.8 Å². The minimum absolute atomic E-state index is 0.0878. The van der Waals surface area contributed by atoms with E-state index in [1.54, 1.807) is 13.4 Å². The Kier molecular flexibility index (Phi) is 6.51. The summed E-state index contributed by atoms with van der Waals surface area (Å²) in [6.45, 7) is 9.26. The first-order chi connectivity index (χ1) is 16.9. The Morgan fingerprint density at radius 2 is 1.89 bits per heavy atom. The van der Waals surface area contributed by atoms with Crippen molar-refractivity contribution < 1.29 is 19.0 Å². The second-order valence-corrected chi connectivity index (χ2v) is 10.4. The van der Waals surface area contributed by atoms with E-state index in [2.05, 4.69) is 23.7 Å². The van der Waals surface area contributed by atoms with Crippen LogP contribution in [0.2, 0.25) is 0 Å². The standard InChI is InChI=1S/C27H34N4O4/c1-27(2)15-20(32)23-21(16-27)35-26-24(22(23)18-5-7-19(33-3)8-6-18)25(28)31(17-29-26)10-4-9-30-11-13-34-14-12-30/h5-8,17,22,28H,4,9-16H2,1-3H3/t22-/m1/s1. The lowest BCUT2D eigenvalue weighted by molar-refractivity contribution is -0.118. The summed E-state index contributed by atoms with van der Waals surface area (Å²) >= 11 is 0. The van der Waals surface area contributed by atoms with Crippen LogP contribution in [0.25, 0.3) is 0 Å². The van der Waals surface area contributed by atoms with E-state index < -0.39 is 0 Å². The van der Waals surface area contributed by atoms with Gasteiger partial charge in [-0.3, -0.25) is 15.1 Å². The molecule has 35 heavy (non-hydrogen) atoms. The quantitative estimate of drug-likeness (QED) is 0.686. The summed E-state index contributed by atoms with van der Waals surface area (Å²) in [5.41, 5.74) is 2.45. The van der Waals surface area contributed by atoms with Crippen molar-refractivity contribution in [2.24, 2.45) is 5.41 Å². The van der Waals surface area contributed by atoms with Crippen LogP contribution in [0.15, 0.2) is 41.9 Å². The second-order valence-electron chi connectivity index (χ2n) is 10.4. The van der Waals surface area contributed by atoms with E-state index >= 15 is 0 Å². The molecule has 0 saturated carbocycles. The number of ketones is 1. The van der Waals surface area contributed by atoms with Gasteiger partial charge in [0.2, 0.25) is 5.88 Å². The number of carbonyl (C=O) groups is 1. The zero-order valence-corrected chi connectivity index (χ0v) is 20.8. The van der Waals surface area contributed by atoms with Crippen molar-refractivity contribution in [1.29, 1.82) is 5.41 Å². The van der Waals surface area contributed by atoms with Crippen LogP contribution < -0.4 is 15.0 Å². The summed E-state index contributed by atoms with van der Waals surface area (Å²) in [7, 11) is 1.64. The zero-order valence-electron chi connectivity index (χ0n) is 20.8. The molecule has 3 heterocycles. The van der Waals surface area contributed by atoms with Gasteiger partial charge in [-0.1, -0.05) is 26.0 Å². The molecule has 0 bridgehead atoms. The third-order valence-electron chi connectivity index (χ3n) is 7.19.